The second-order valence-electron chi connectivity index (χ2n) is 4.69. The lowest BCUT2D eigenvalue weighted by Gasteiger charge is -2.14. The Kier molecular flexibility index (Phi) is 5.09. The lowest BCUT2D eigenvalue weighted by Crippen LogP contribution is -2.42. The molecule has 21 heavy (non-hydrogen) atoms. The molecule has 0 spiro atoms. The van der Waals surface area contributed by atoms with Gasteiger partial charge in [-0.1, -0.05) is 30.3 Å². The van der Waals surface area contributed by atoms with Crippen LogP contribution in [0.3, 0.4) is 0 Å². The van der Waals surface area contributed by atoms with Gasteiger partial charge in [0, 0.05) is 12.4 Å². The number of nitrogens with one attached hydrogen (secondary N) is 1. The van der Waals surface area contributed by atoms with Gasteiger partial charge in [-0.25, -0.2) is 4.79 Å². The molecule has 0 unspecified atom stereocenters. The van der Waals surface area contributed by atoms with E-state index in [0.717, 1.165) is 5.56 Å². The number of aryl methyl sites for hydroxylation is 1. The molecule has 110 valence electrons. The van der Waals surface area contributed by atoms with Gasteiger partial charge >= 0.3 is 5.97 Å². The zero-order chi connectivity index (χ0) is 15.1. The number of rotatable bonds is 7. The summed E-state index contributed by atoms with van der Waals surface area (Å²) < 4.78 is 1.45. The molecule has 6 heteroatoms. The van der Waals surface area contributed by atoms with Crippen LogP contribution >= 0.6 is 0 Å². The van der Waals surface area contributed by atoms with Crippen molar-refractivity contribution in [1.82, 2.24) is 15.1 Å². The molecule has 0 bridgehead atoms. The van der Waals surface area contributed by atoms with Gasteiger partial charge in [0.15, 0.2) is 0 Å². The van der Waals surface area contributed by atoms with E-state index in [-0.39, 0.29) is 12.5 Å². The van der Waals surface area contributed by atoms with Gasteiger partial charge in [-0.3, -0.25) is 9.48 Å². The average Bonchev–Trinajstić information content (AvgIpc) is 2.97. The van der Waals surface area contributed by atoms with Gasteiger partial charge < -0.3 is 10.4 Å². The van der Waals surface area contributed by atoms with Gasteiger partial charge in [-0.15, -0.1) is 0 Å². The van der Waals surface area contributed by atoms with Gasteiger partial charge in [0.2, 0.25) is 5.91 Å². The third kappa shape index (κ3) is 4.76. The Morgan fingerprint density at radius 3 is 2.62 bits per heavy atom. The summed E-state index contributed by atoms with van der Waals surface area (Å²) in [5.74, 6) is -1.39. The van der Waals surface area contributed by atoms with E-state index in [2.05, 4.69) is 10.4 Å². The molecule has 1 atom stereocenters. The van der Waals surface area contributed by atoms with E-state index in [1.54, 1.807) is 18.5 Å². The van der Waals surface area contributed by atoms with Crippen LogP contribution in [0.4, 0.5) is 0 Å². The quantitative estimate of drug-likeness (QED) is 0.798. The topological polar surface area (TPSA) is 84.2 Å². The smallest absolute Gasteiger partial charge is 0.326 e. The molecule has 0 saturated heterocycles. The predicted octanol–water partition coefficient (Wildman–Crippen LogP) is 1.09. The van der Waals surface area contributed by atoms with Crippen LogP contribution in [0.25, 0.3) is 0 Å². The molecule has 0 radical (unpaired) electrons. The highest BCUT2D eigenvalue weighted by atomic mass is 16.4. The van der Waals surface area contributed by atoms with Crippen LogP contribution in [0, 0.1) is 0 Å². The Morgan fingerprint density at radius 2 is 2.00 bits per heavy atom. The van der Waals surface area contributed by atoms with Gasteiger partial charge in [-0.05, 0) is 24.5 Å². The third-order valence-corrected chi connectivity index (χ3v) is 3.06. The summed E-state index contributed by atoms with van der Waals surface area (Å²) in [5.41, 5.74) is 1.05. The first kappa shape index (κ1) is 14.8. The molecule has 2 rings (SSSR count). The molecular weight excluding hydrogens is 270 g/mol. The van der Waals surface area contributed by atoms with Crippen molar-refractivity contribution < 1.29 is 14.7 Å². The van der Waals surface area contributed by atoms with E-state index in [9.17, 15) is 14.7 Å². The molecule has 1 aromatic heterocycles. The molecule has 0 saturated carbocycles. The fraction of sp³-hybridized carbons (Fsp3) is 0.267. The van der Waals surface area contributed by atoms with Crippen molar-refractivity contribution >= 4 is 11.9 Å². The molecule has 1 heterocycles. The highest BCUT2D eigenvalue weighted by Crippen LogP contribution is 2.05. The van der Waals surface area contributed by atoms with Gasteiger partial charge in [0.05, 0.1) is 0 Å². The van der Waals surface area contributed by atoms with Crippen molar-refractivity contribution in [3.05, 3.63) is 54.4 Å². The van der Waals surface area contributed by atoms with Crippen molar-refractivity contribution in [1.29, 1.82) is 0 Å². The summed E-state index contributed by atoms with van der Waals surface area (Å²) in [6, 6.07) is 10.4. The van der Waals surface area contributed by atoms with E-state index < -0.39 is 12.0 Å². The molecule has 0 fully saturated rings. The summed E-state index contributed by atoms with van der Waals surface area (Å²) in [6.07, 6.45) is 4.17. The van der Waals surface area contributed by atoms with Crippen molar-refractivity contribution in [2.75, 3.05) is 0 Å². The van der Waals surface area contributed by atoms with Crippen molar-refractivity contribution in [2.45, 2.75) is 25.4 Å². The van der Waals surface area contributed by atoms with Gasteiger partial charge in [0.25, 0.3) is 0 Å². The van der Waals surface area contributed by atoms with Crippen LogP contribution < -0.4 is 5.32 Å². The van der Waals surface area contributed by atoms with Crippen molar-refractivity contribution in [3.63, 3.8) is 0 Å². The maximum absolute atomic E-state index is 11.8. The lowest BCUT2D eigenvalue weighted by molar-refractivity contribution is -0.142. The first-order chi connectivity index (χ1) is 10.1. The van der Waals surface area contributed by atoms with Crippen LogP contribution in [-0.2, 0) is 22.6 Å². The van der Waals surface area contributed by atoms with Crippen LogP contribution in [0.15, 0.2) is 48.8 Å². The molecule has 1 aromatic carbocycles. The third-order valence-electron chi connectivity index (χ3n) is 3.06. The first-order valence-corrected chi connectivity index (χ1v) is 6.68. The van der Waals surface area contributed by atoms with Crippen molar-refractivity contribution in [3.8, 4) is 0 Å². The Labute approximate surface area is 122 Å². The minimum absolute atomic E-state index is 0.0160. The number of carboxylic acids is 1. The zero-order valence-corrected chi connectivity index (χ0v) is 11.5. The van der Waals surface area contributed by atoms with E-state index in [1.807, 2.05) is 30.3 Å². The average molecular weight is 287 g/mol. The van der Waals surface area contributed by atoms with Crippen LogP contribution in [0.2, 0.25) is 0 Å². The van der Waals surface area contributed by atoms with Crippen LogP contribution in [0.5, 0.6) is 0 Å². The van der Waals surface area contributed by atoms with Crippen LogP contribution in [0.1, 0.15) is 12.0 Å². The molecule has 0 aliphatic carbocycles. The molecule has 0 aliphatic rings. The number of aliphatic carboxylic acids is 1. The SMILES string of the molecule is O=C(Cn1cccn1)N[C@@H](CCc1ccccc1)C(=O)O. The number of benzene rings is 1. The number of nitrogens with zero attached hydrogens (tertiary/aromatic N) is 2. The number of aromatic nitrogens is 2. The Balaban J connectivity index is 1.87. The molecule has 2 N–H and O–H groups in total. The monoisotopic (exact) mass is 287 g/mol. The summed E-state index contributed by atoms with van der Waals surface area (Å²) in [7, 11) is 0. The van der Waals surface area contributed by atoms with E-state index in [0.29, 0.717) is 12.8 Å². The Hall–Kier alpha value is -2.63. The second-order valence-corrected chi connectivity index (χ2v) is 4.69. The zero-order valence-electron chi connectivity index (χ0n) is 11.5. The Morgan fingerprint density at radius 1 is 1.24 bits per heavy atom. The number of carbonyl (C=O) groups is 2. The summed E-state index contributed by atoms with van der Waals surface area (Å²) >= 11 is 0. The highest BCUT2D eigenvalue weighted by molar-refractivity contribution is 5.83. The number of amides is 1. The van der Waals surface area contributed by atoms with E-state index in [1.165, 1.54) is 4.68 Å². The van der Waals surface area contributed by atoms with Gasteiger partial charge in [-0.2, -0.15) is 5.10 Å². The molecule has 1 amide bonds. The van der Waals surface area contributed by atoms with Gasteiger partial charge in [0.1, 0.15) is 12.6 Å². The fourth-order valence-corrected chi connectivity index (χ4v) is 1.99. The standard InChI is InChI=1S/C15H17N3O3/c19-14(11-18-10-4-9-16-18)17-13(15(20)21)8-7-12-5-2-1-3-6-12/h1-6,9-10,13H,7-8,11H2,(H,17,19)(H,20,21)/t13-/m0/s1. The van der Waals surface area contributed by atoms with E-state index in [4.69, 9.17) is 0 Å². The molecule has 0 aliphatic heterocycles. The summed E-state index contributed by atoms with van der Waals surface area (Å²) in [6.45, 7) is 0.0160. The highest BCUT2D eigenvalue weighted by Gasteiger charge is 2.19. The Bertz CT molecular complexity index is 581. The lowest BCUT2D eigenvalue weighted by atomic mass is 10.1. The van der Waals surface area contributed by atoms with E-state index >= 15 is 0 Å². The maximum Gasteiger partial charge on any atom is 0.326 e. The largest absolute Gasteiger partial charge is 0.480 e. The fourth-order valence-electron chi connectivity index (χ4n) is 1.99. The summed E-state index contributed by atoms with van der Waals surface area (Å²) in [4.78, 5) is 23.0. The minimum atomic E-state index is -1.03. The molecular formula is C15H17N3O3. The number of carboxylic acid groups (broad SMARTS) is 1. The normalized spacial score (nSPS) is 11.8. The second kappa shape index (κ2) is 7.23. The molecule has 2 aromatic rings. The summed E-state index contributed by atoms with van der Waals surface area (Å²) in [5, 5.41) is 15.6. The number of hydrogen-bond acceptors (Lipinski definition) is 3. The molecule has 6 nitrogen and oxygen atoms in total. The minimum Gasteiger partial charge on any atom is -0.480 e. The van der Waals surface area contributed by atoms with Crippen LogP contribution in [-0.4, -0.2) is 32.8 Å². The predicted molar refractivity (Wildman–Crippen MR) is 76.6 cm³/mol. The van der Waals surface area contributed by atoms with Crippen molar-refractivity contribution in [2.24, 2.45) is 0 Å². The number of hydrogen-bond donors (Lipinski definition) is 2. The first-order valence-electron chi connectivity index (χ1n) is 6.68. The number of carbonyl (C=O) groups excluding carboxylic acids is 1. The maximum atomic E-state index is 11.8.